The van der Waals surface area contributed by atoms with Gasteiger partial charge in [-0.05, 0) is 24.6 Å². The molecule has 0 aliphatic rings. The van der Waals surface area contributed by atoms with Gasteiger partial charge >= 0.3 is 0 Å². The number of likely N-dealkylation sites (N-methyl/N-ethyl adjacent to an activating group) is 1. The minimum Gasteiger partial charge on any atom is -0.314 e. The van der Waals surface area contributed by atoms with Crippen LogP contribution < -0.4 is 10.2 Å². The fourth-order valence-corrected chi connectivity index (χ4v) is 1.39. The largest absolute Gasteiger partial charge is 0.314 e. The smallest absolute Gasteiger partial charge is 0.240 e. The molecular weight excluding hydrogens is 200 g/mol. The van der Waals surface area contributed by atoms with Crippen LogP contribution in [0.3, 0.4) is 0 Å². The number of benzene rings is 1. The predicted octanol–water partition coefficient (Wildman–Crippen LogP) is 1.96. The van der Waals surface area contributed by atoms with E-state index in [2.05, 4.69) is 5.32 Å². The molecule has 1 N–H and O–H groups in total. The topological polar surface area (TPSA) is 32.3 Å². The number of hydrogen-bond acceptors (Lipinski definition) is 2. The summed E-state index contributed by atoms with van der Waals surface area (Å²) in [4.78, 5) is 13.5. The molecule has 0 aliphatic carbocycles. The van der Waals surface area contributed by atoms with Crippen LogP contribution in [-0.2, 0) is 4.79 Å². The lowest BCUT2D eigenvalue weighted by Gasteiger charge is -2.19. The molecule has 3 heteroatoms. The van der Waals surface area contributed by atoms with Crippen molar-refractivity contribution in [3.05, 3.63) is 29.8 Å². The summed E-state index contributed by atoms with van der Waals surface area (Å²) in [6.45, 7) is 6.45. The summed E-state index contributed by atoms with van der Waals surface area (Å²) in [6, 6.07) is 8.27. The van der Waals surface area contributed by atoms with Crippen molar-refractivity contribution in [2.75, 3.05) is 18.5 Å². The number of nitrogens with one attached hydrogen (secondary N) is 1. The molecule has 0 radical (unpaired) electrons. The fourth-order valence-electron chi connectivity index (χ4n) is 1.39. The van der Waals surface area contributed by atoms with Gasteiger partial charge in [-0.15, -0.1) is 0 Å². The first-order valence-electron chi connectivity index (χ1n) is 5.57. The highest BCUT2D eigenvalue weighted by Gasteiger charge is 2.10. The van der Waals surface area contributed by atoms with Gasteiger partial charge in [-0.3, -0.25) is 4.79 Å². The Bertz CT molecular complexity index is 361. The zero-order valence-electron chi connectivity index (χ0n) is 10.4. The Morgan fingerprint density at radius 3 is 2.69 bits per heavy atom. The minimum atomic E-state index is 0.0827. The average Bonchev–Trinajstić information content (AvgIpc) is 2.24. The van der Waals surface area contributed by atoms with E-state index in [-0.39, 0.29) is 5.91 Å². The SMILES string of the molecule is Cc1cccc(N(C)C(=O)CNC(C)C)c1. The van der Waals surface area contributed by atoms with E-state index in [0.717, 1.165) is 11.3 Å². The van der Waals surface area contributed by atoms with Gasteiger partial charge in [0, 0.05) is 18.8 Å². The molecule has 1 rings (SSSR count). The lowest BCUT2D eigenvalue weighted by molar-refractivity contribution is -0.117. The van der Waals surface area contributed by atoms with Gasteiger partial charge in [-0.1, -0.05) is 26.0 Å². The van der Waals surface area contributed by atoms with E-state index in [1.807, 2.05) is 45.0 Å². The van der Waals surface area contributed by atoms with Crippen molar-refractivity contribution in [2.24, 2.45) is 0 Å². The first-order chi connectivity index (χ1) is 7.50. The molecule has 0 saturated heterocycles. The first-order valence-corrected chi connectivity index (χ1v) is 5.57. The third-order valence-electron chi connectivity index (χ3n) is 2.42. The van der Waals surface area contributed by atoms with Crippen molar-refractivity contribution in [2.45, 2.75) is 26.8 Å². The second-order valence-corrected chi connectivity index (χ2v) is 4.33. The number of carbonyl (C=O) groups is 1. The minimum absolute atomic E-state index is 0.0827. The number of rotatable bonds is 4. The lowest BCUT2D eigenvalue weighted by atomic mass is 10.2. The van der Waals surface area contributed by atoms with E-state index >= 15 is 0 Å². The molecule has 0 fully saturated rings. The maximum Gasteiger partial charge on any atom is 0.240 e. The van der Waals surface area contributed by atoms with Crippen LogP contribution in [0.2, 0.25) is 0 Å². The van der Waals surface area contributed by atoms with E-state index < -0.39 is 0 Å². The number of anilines is 1. The molecule has 1 aromatic rings. The Labute approximate surface area is 97.5 Å². The van der Waals surface area contributed by atoms with Crippen molar-refractivity contribution in [3.63, 3.8) is 0 Å². The fraction of sp³-hybridized carbons (Fsp3) is 0.462. The van der Waals surface area contributed by atoms with E-state index in [4.69, 9.17) is 0 Å². The molecule has 16 heavy (non-hydrogen) atoms. The number of carbonyl (C=O) groups excluding carboxylic acids is 1. The summed E-state index contributed by atoms with van der Waals surface area (Å²) < 4.78 is 0. The molecule has 0 bridgehead atoms. The van der Waals surface area contributed by atoms with Crippen LogP contribution in [0, 0.1) is 6.92 Å². The van der Waals surface area contributed by atoms with Crippen LogP contribution in [0.1, 0.15) is 19.4 Å². The summed E-state index contributed by atoms with van der Waals surface area (Å²) in [5.74, 6) is 0.0827. The molecule has 0 aromatic heterocycles. The number of hydrogen-bond donors (Lipinski definition) is 1. The first kappa shape index (κ1) is 12.7. The van der Waals surface area contributed by atoms with Gasteiger partial charge in [0.05, 0.1) is 6.54 Å². The monoisotopic (exact) mass is 220 g/mol. The van der Waals surface area contributed by atoms with Crippen LogP contribution in [0.5, 0.6) is 0 Å². The van der Waals surface area contributed by atoms with Gasteiger partial charge < -0.3 is 10.2 Å². The Kier molecular flexibility index (Phi) is 4.50. The molecule has 88 valence electrons. The van der Waals surface area contributed by atoms with E-state index in [9.17, 15) is 4.79 Å². The zero-order valence-corrected chi connectivity index (χ0v) is 10.4. The second-order valence-electron chi connectivity index (χ2n) is 4.33. The third-order valence-corrected chi connectivity index (χ3v) is 2.42. The van der Waals surface area contributed by atoms with Crippen LogP contribution in [0.15, 0.2) is 24.3 Å². The normalized spacial score (nSPS) is 10.6. The Hall–Kier alpha value is -1.35. The molecule has 0 saturated carbocycles. The summed E-state index contributed by atoms with van der Waals surface area (Å²) >= 11 is 0. The van der Waals surface area contributed by atoms with Gasteiger partial charge in [0.25, 0.3) is 0 Å². The molecule has 0 aliphatic heterocycles. The van der Waals surface area contributed by atoms with Crippen LogP contribution in [0.25, 0.3) is 0 Å². The van der Waals surface area contributed by atoms with Gasteiger partial charge in [0.1, 0.15) is 0 Å². The zero-order chi connectivity index (χ0) is 12.1. The maximum atomic E-state index is 11.8. The Morgan fingerprint density at radius 2 is 2.12 bits per heavy atom. The van der Waals surface area contributed by atoms with Crippen LogP contribution in [-0.4, -0.2) is 25.5 Å². The summed E-state index contributed by atoms with van der Waals surface area (Å²) in [5.41, 5.74) is 2.10. The molecular formula is C13H20N2O. The highest BCUT2D eigenvalue weighted by atomic mass is 16.2. The highest BCUT2D eigenvalue weighted by molar-refractivity contribution is 5.94. The second kappa shape index (κ2) is 5.66. The molecule has 0 atom stereocenters. The summed E-state index contributed by atoms with van der Waals surface area (Å²) in [7, 11) is 1.80. The highest BCUT2D eigenvalue weighted by Crippen LogP contribution is 2.13. The maximum absolute atomic E-state index is 11.8. The number of nitrogens with zero attached hydrogens (tertiary/aromatic N) is 1. The summed E-state index contributed by atoms with van der Waals surface area (Å²) in [5, 5.41) is 3.12. The Balaban J connectivity index is 2.63. The van der Waals surface area contributed by atoms with Gasteiger partial charge in [0.15, 0.2) is 0 Å². The van der Waals surface area contributed by atoms with Crippen LogP contribution in [0.4, 0.5) is 5.69 Å². The molecule has 0 unspecified atom stereocenters. The van der Waals surface area contributed by atoms with Crippen molar-refractivity contribution < 1.29 is 4.79 Å². The average molecular weight is 220 g/mol. The van der Waals surface area contributed by atoms with E-state index in [0.29, 0.717) is 12.6 Å². The lowest BCUT2D eigenvalue weighted by Crippen LogP contribution is -2.38. The van der Waals surface area contributed by atoms with Crippen molar-refractivity contribution in [1.82, 2.24) is 5.32 Å². The van der Waals surface area contributed by atoms with Gasteiger partial charge in [0.2, 0.25) is 5.91 Å². The van der Waals surface area contributed by atoms with Gasteiger partial charge in [-0.25, -0.2) is 0 Å². The number of amides is 1. The standard InChI is InChI=1S/C13H20N2O/c1-10(2)14-9-13(16)15(4)12-7-5-6-11(3)8-12/h5-8,10,14H,9H2,1-4H3. The third kappa shape index (κ3) is 3.66. The molecule has 1 amide bonds. The van der Waals surface area contributed by atoms with E-state index in [1.54, 1.807) is 11.9 Å². The van der Waals surface area contributed by atoms with Crippen LogP contribution >= 0.6 is 0 Å². The van der Waals surface area contributed by atoms with Crippen molar-refractivity contribution in [3.8, 4) is 0 Å². The van der Waals surface area contributed by atoms with Gasteiger partial charge in [-0.2, -0.15) is 0 Å². The van der Waals surface area contributed by atoms with Crippen molar-refractivity contribution >= 4 is 11.6 Å². The molecule has 3 nitrogen and oxygen atoms in total. The molecule has 0 spiro atoms. The molecule has 0 heterocycles. The number of aryl methyl sites for hydroxylation is 1. The Morgan fingerprint density at radius 1 is 1.44 bits per heavy atom. The van der Waals surface area contributed by atoms with E-state index in [1.165, 1.54) is 0 Å². The predicted molar refractivity (Wildman–Crippen MR) is 67.7 cm³/mol. The quantitative estimate of drug-likeness (QED) is 0.841. The summed E-state index contributed by atoms with van der Waals surface area (Å²) in [6.07, 6.45) is 0. The van der Waals surface area contributed by atoms with Crippen molar-refractivity contribution in [1.29, 1.82) is 0 Å². The molecule has 1 aromatic carbocycles.